The molecule has 13 aromatic rings. The molecular weight excluding hydrogens is 833 g/mol. The third-order valence-corrected chi connectivity index (χ3v) is 15.8. The molecule has 0 N–H and O–H groups in total. The van der Waals surface area contributed by atoms with Crippen molar-refractivity contribution < 1.29 is 0 Å². The summed E-state index contributed by atoms with van der Waals surface area (Å²) >= 11 is 1.87. The molecule has 0 amide bonds. The van der Waals surface area contributed by atoms with Gasteiger partial charge in [-0.2, -0.15) is 0 Å². The summed E-state index contributed by atoms with van der Waals surface area (Å²) < 4.78 is 7.11. The van der Waals surface area contributed by atoms with Crippen LogP contribution in [0.15, 0.2) is 231 Å². The van der Waals surface area contributed by atoms with Crippen molar-refractivity contribution in [3.63, 3.8) is 0 Å². The van der Waals surface area contributed by atoms with Crippen molar-refractivity contribution in [2.24, 2.45) is 0 Å². The van der Waals surface area contributed by atoms with E-state index in [0.29, 0.717) is 0 Å². The van der Waals surface area contributed by atoms with Gasteiger partial charge in [0.25, 0.3) is 0 Å². The minimum absolute atomic E-state index is 0.440. The van der Waals surface area contributed by atoms with Crippen LogP contribution in [0, 0.1) is 0 Å². The van der Waals surface area contributed by atoms with Crippen molar-refractivity contribution in [3.8, 4) is 39.1 Å². The third kappa shape index (κ3) is 4.98. The molecule has 312 valence electrons. The predicted molar refractivity (Wildman–Crippen MR) is 279 cm³/mol. The summed E-state index contributed by atoms with van der Waals surface area (Å²) in [4.78, 5) is 7.60. The molecule has 2 aliphatic carbocycles. The lowest BCUT2D eigenvalue weighted by Crippen LogP contribution is -2.26. The standard InChI is InChI=1S/C62H38N4S/c1-5-19-50-44(14-1)45-15-2-6-20-51(45)62(50)52-21-7-3-16-46(52)47-37-36-43(38-53(47)62)64(58-26-13-18-49-48-17-4-12-27-59(48)67-60(49)58)41-32-28-39(29-33-41)40-30-34-42(35-31-40)65-56-24-10-11-25-57(56)66-55-23-9-8-22-54(55)63-61(65)66/h1-38H. The molecule has 1 spiro atoms. The molecule has 15 rings (SSSR count). The lowest BCUT2D eigenvalue weighted by molar-refractivity contribution is 0.793. The minimum atomic E-state index is -0.440. The van der Waals surface area contributed by atoms with Gasteiger partial charge in [0, 0.05) is 32.5 Å². The van der Waals surface area contributed by atoms with Crippen LogP contribution in [0.25, 0.3) is 87.1 Å². The van der Waals surface area contributed by atoms with Crippen molar-refractivity contribution in [2.45, 2.75) is 5.41 Å². The summed E-state index contributed by atoms with van der Waals surface area (Å²) in [6.07, 6.45) is 0. The first-order valence-electron chi connectivity index (χ1n) is 23.0. The maximum absolute atomic E-state index is 5.11. The molecule has 2 aliphatic rings. The number of thiophene rings is 1. The quantitative estimate of drug-likeness (QED) is 0.172. The van der Waals surface area contributed by atoms with Crippen molar-refractivity contribution in [1.82, 2.24) is 14.0 Å². The molecule has 0 aliphatic heterocycles. The van der Waals surface area contributed by atoms with E-state index in [9.17, 15) is 0 Å². The third-order valence-electron chi connectivity index (χ3n) is 14.6. The molecule has 3 aromatic heterocycles. The molecular formula is C62H38N4S. The Kier molecular flexibility index (Phi) is 7.55. The number of hydrogen-bond acceptors (Lipinski definition) is 3. The molecule has 0 fully saturated rings. The normalized spacial score (nSPS) is 13.2. The Hall–Kier alpha value is -8.51. The van der Waals surface area contributed by atoms with Crippen LogP contribution in [-0.2, 0) is 5.41 Å². The molecule has 0 unspecified atom stereocenters. The van der Waals surface area contributed by atoms with E-state index >= 15 is 0 Å². The first kappa shape index (κ1) is 36.8. The van der Waals surface area contributed by atoms with E-state index in [0.717, 1.165) is 56.0 Å². The predicted octanol–water partition coefficient (Wildman–Crippen LogP) is 16.3. The first-order chi connectivity index (χ1) is 33.2. The van der Waals surface area contributed by atoms with E-state index in [2.05, 4.69) is 244 Å². The molecule has 0 saturated heterocycles. The fraction of sp³-hybridized carbons (Fsp3) is 0.0161. The fourth-order valence-electron chi connectivity index (χ4n) is 11.8. The van der Waals surface area contributed by atoms with Crippen molar-refractivity contribution >= 4 is 76.4 Å². The van der Waals surface area contributed by atoms with Gasteiger partial charge in [0.05, 0.1) is 37.9 Å². The van der Waals surface area contributed by atoms with Crippen LogP contribution >= 0.6 is 11.3 Å². The van der Waals surface area contributed by atoms with Crippen LogP contribution in [0.2, 0.25) is 0 Å². The van der Waals surface area contributed by atoms with Crippen LogP contribution in [0.3, 0.4) is 0 Å². The van der Waals surface area contributed by atoms with E-state index < -0.39 is 5.41 Å². The van der Waals surface area contributed by atoms with Gasteiger partial charge in [0.1, 0.15) is 0 Å². The highest BCUT2D eigenvalue weighted by atomic mass is 32.1. The summed E-state index contributed by atoms with van der Waals surface area (Å²) in [5.41, 5.74) is 21.3. The highest BCUT2D eigenvalue weighted by Crippen LogP contribution is 2.63. The Labute approximate surface area is 390 Å². The number of fused-ring (bicyclic) bond motifs is 18. The average Bonchev–Trinajstić information content (AvgIpc) is 4.19. The monoisotopic (exact) mass is 870 g/mol. The fourth-order valence-corrected chi connectivity index (χ4v) is 13.0. The van der Waals surface area contributed by atoms with Crippen LogP contribution in [0.4, 0.5) is 17.1 Å². The highest BCUT2D eigenvalue weighted by molar-refractivity contribution is 7.26. The van der Waals surface area contributed by atoms with Crippen molar-refractivity contribution in [1.29, 1.82) is 0 Å². The van der Waals surface area contributed by atoms with Crippen LogP contribution in [0.1, 0.15) is 22.3 Å². The lowest BCUT2D eigenvalue weighted by atomic mass is 9.70. The number of aromatic nitrogens is 3. The van der Waals surface area contributed by atoms with Gasteiger partial charge >= 0.3 is 0 Å². The van der Waals surface area contributed by atoms with Crippen LogP contribution in [-0.4, -0.2) is 14.0 Å². The molecule has 3 heterocycles. The summed E-state index contributed by atoms with van der Waals surface area (Å²) in [7, 11) is 0. The molecule has 67 heavy (non-hydrogen) atoms. The van der Waals surface area contributed by atoms with E-state index in [1.54, 1.807) is 0 Å². The molecule has 0 atom stereocenters. The average molecular weight is 871 g/mol. The van der Waals surface area contributed by atoms with Crippen LogP contribution in [0.5, 0.6) is 0 Å². The molecule has 4 nitrogen and oxygen atoms in total. The second-order valence-electron chi connectivity index (χ2n) is 17.9. The second kappa shape index (κ2) is 13.8. The Morgan fingerprint density at radius 3 is 1.69 bits per heavy atom. The zero-order valence-corrected chi connectivity index (χ0v) is 37.0. The van der Waals surface area contributed by atoms with Crippen molar-refractivity contribution in [2.75, 3.05) is 4.90 Å². The number of benzene rings is 10. The Morgan fingerprint density at radius 1 is 0.418 bits per heavy atom. The van der Waals surface area contributed by atoms with Gasteiger partial charge in [-0.25, -0.2) is 4.98 Å². The molecule has 0 radical (unpaired) electrons. The lowest BCUT2D eigenvalue weighted by Gasteiger charge is -2.32. The SMILES string of the molecule is c1ccc2c(c1)-c1ccccc1C21c2ccccc2-c2ccc(N(c3ccc(-c4ccc(-n5c6ccccc6n6c7ccccc7nc56)cc4)cc3)c3cccc4c3sc3ccccc34)cc21. The van der Waals surface area contributed by atoms with E-state index in [1.807, 2.05) is 11.3 Å². The van der Waals surface area contributed by atoms with Crippen molar-refractivity contribution in [3.05, 3.63) is 253 Å². The number of nitrogens with zero attached hydrogens (tertiary/aromatic N) is 4. The summed E-state index contributed by atoms with van der Waals surface area (Å²) in [5.74, 6) is 0.913. The van der Waals surface area contributed by atoms with Gasteiger partial charge in [0.2, 0.25) is 5.78 Å². The van der Waals surface area contributed by atoms with Gasteiger partial charge in [-0.15, -0.1) is 11.3 Å². The zero-order valence-electron chi connectivity index (χ0n) is 36.1. The highest BCUT2D eigenvalue weighted by Gasteiger charge is 2.51. The van der Waals surface area contributed by atoms with Gasteiger partial charge in [-0.1, -0.05) is 158 Å². The number of anilines is 3. The molecule has 10 aromatic carbocycles. The maximum atomic E-state index is 5.11. The summed E-state index contributed by atoms with van der Waals surface area (Å²) in [6, 6.07) is 85.0. The van der Waals surface area contributed by atoms with Gasteiger partial charge in [0.15, 0.2) is 0 Å². The van der Waals surface area contributed by atoms with Gasteiger partial charge in [-0.05, 0) is 128 Å². The summed E-state index contributed by atoms with van der Waals surface area (Å²) in [5, 5.41) is 2.57. The Bertz CT molecular complexity index is 4110. The maximum Gasteiger partial charge on any atom is 0.220 e. The van der Waals surface area contributed by atoms with E-state index in [4.69, 9.17) is 4.98 Å². The summed E-state index contributed by atoms with van der Waals surface area (Å²) in [6.45, 7) is 0. The number of para-hydroxylation sites is 4. The van der Waals surface area contributed by atoms with Gasteiger partial charge in [-0.3, -0.25) is 8.97 Å². The number of rotatable bonds is 5. The number of imidazole rings is 2. The Balaban J connectivity index is 0.889. The Morgan fingerprint density at radius 2 is 0.970 bits per heavy atom. The second-order valence-corrected chi connectivity index (χ2v) is 18.9. The van der Waals surface area contributed by atoms with Gasteiger partial charge < -0.3 is 4.90 Å². The zero-order chi connectivity index (χ0) is 43.8. The molecule has 5 heteroatoms. The topological polar surface area (TPSA) is 25.5 Å². The minimum Gasteiger partial charge on any atom is -0.309 e. The van der Waals surface area contributed by atoms with Crippen LogP contribution < -0.4 is 4.90 Å². The van der Waals surface area contributed by atoms with E-state index in [-0.39, 0.29) is 0 Å². The molecule has 0 bridgehead atoms. The first-order valence-corrected chi connectivity index (χ1v) is 23.8. The van der Waals surface area contributed by atoms with E-state index in [1.165, 1.54) is 70.4 Å². The number of hydrogen-bond donors (Lipinski definition) is 0. The smallest absolute Gasteiger partial charge is 0.220 e. The largest absolute Gasteiger partial charge is 0.309 e. The molecule has 0 saturated carbocycles.